The monoisotopic (exact) mass is 1500 g/mol. The van der Waals surface area contributed by atoms with Crippen molar-refractivity contribution >= 4 is 80.1 Å². The van der Waals surface area contributed by atoms with Crippen molar-refractivity contribution in [3.05, 3.63) is 132 Å². The summed E-state index contributed by atoms with van der Waals surface area (Å²) in [5, 5.41) is 121. The van der Waals surface area contributed by atoms with Gasteiger partial charge in [-0.1, -0.05) is 90.5 Å². The van der Waals surface area contributed by atoms with Gasteiger partial charge in [-0.05, 0) is 57.7 Å². The largest absolute Gasteiger partial charge is 0.479 e. The summed E-state index contributed by atoms with van der Waals surface area (Å²) in [5.41, 5.74) is 19.0. The third kappa shape index (κ3) is 15.6. The summed E-state index contributed by atoms with van der Waals surface area (Å²) in [6.07, 6.45) is -3.81. The van der Waals surface area contributed by atoms with Crippen LogP contribution >= 0.6 is 0 Å². The summed E-state index contributed by atoms with van der Waals surface area (Å²) in [7, 11) is 2.95. The Hall–Kier alpha value is -10.3. The highest BCUT2D eigenvalue weighted by Gasteiger charge is 2.56. The topological polar surface area (TPSA) is 566 Å². The molecule has 4 aliphatic heterocycles. The van der Waals surface area contributed by atoms with Crippen molar-refractivity contribution in [1.29, 1.82) is 0 Å². The van der Waals surface area contributed by atoms with Gasteiger partial charge in [0.2, 0.25) is 35.6 Å². The lowest BCUT2D eigenvalue weighted by Crippen LogP contribution is -2.44. The van der Waals surface area contributed by atoms with Gasteiger partial charge in [0.1, 0.15) is 59.0 Å². The van der Waals surface area contributed by atoms with E-state index in [1.54, 1.807) is 11.5 Å². The quantitative estimate of drug-likeness (QED) is 0.0488. The van der Waals surface area contributed by atoms with Crippen LogP contribution < -0.4 is 42.6 Å². The summed E-state index contributed by atoms with van der Waals surface area (Å²) in [5.74, 6) is 1.87. The molecule has 11 aromatic rings. The van der Waals surface area contributed by atoms with Crippen molar-refractivity contribution in [1.82, 2.24) is 78.1 Å². The number of aliphatic hydroxyl groups excluding tert-OH is 7. The maximum atomic E-state index is 10.8. The van der Waals surface area contributed by atoms with Crippen LogP contribution in [0, 0.1) is 6.92 Å². The molecule has 0 spiro atoms. The van der Waals surface area contributed by atoms with E-state index in [-0.39, 0.29) is 36.2 Å². The van der Waals surface area contributed by atoms with Gasteiger partial charge in [-0.3, -0.25) is 18.3 Å². The summed E-state index contributed by atoms with van der Waals surface area (Å²) < 4.78 is 39.2. The van der Waals surface area contributed by atoms with E-state index in [2.05, 4.69) is 75.8 Å². The molecule has 4 saturated heterocycles. The maximum Gasteiger partial charge on any atom is 0.246 e. The molecule has 4 aliphatic rings. The molecule has 8 aromatic heterocycles. The second kappa shape index (κ2) is 31.8. The van der Waals surface area contributed by atoms with Crippen LogP contribution in [0.4, 0.5) is 35.4 Å². The zero-order valence-corrected chi connectivity index (χ0v) is 59.9. The van der Waals surface area contributed by atoms with Crippen molar-refractivity contribution in [2.24, 2.45) is 0 Å². The van der Waals surface area contributed by atoms with Gasteiger partial charge in [-0.15, -0.1) is 0 Å². The number of methoxy groups -OCH3 is 2. The molecule has 4 fully saturated rings. The first-order chi connectivity index (χ1) is 51.6. The van der Waals surface area contributed by atoms with E-state index >= 15 is 0 Å². The highest BCUT2D eigenvalue weighted by molar-refractivity contribution is 5.85. The maximum absolute atomic E-state index is 10.8. The molecule has 15 rings (SSSR count). The van der Waals surface area contributed by atoms with E-state index in [1.807, 2.05) is 91.9 Å². The predicted octanol–water partition coefficient (Wildman–Crippen LogP) is 0.292. The first-order valence-corrected chi connectivity index (χ1v) is 34.3. The number of rotatable bonds is 20. The minimum atomic E-state index is -1.66. The number of aryl methyl sites for hydroxylation is 1. The number of benzene rings is 3. The molecule has 0 aliphatic carbocycles. The van der Waals surface area contributed by atoms with Crippen molar-refractivity contribution in [2.75, 3.05) is 80.3 Å². The molecular weight excluding hydrogens is 1410 g/mol. The Morgan fingerprint density at radius 2 is 0.843 bits per heavy atom. The second-order valence-corrected chi connectivity index (χ2v) is 27.1. The van der Waals surface area contributed by atoms with E-state index < -0.39 is 110 Å². The number of fused-ring (bicyclic) bond motifs is 4. The van der Waals surface area contributed by atoms with Gasteiger partial charge in [0, 0.05) is 26.1 Å². The van der Waals surface area contributed by atoms with E-state index in [4.69, 9.17) is 45.6 Å². The molecule has 576 valence electrons. The fourth-order valence-electron chi connectivity index (χ4n) is 13.2. The lowest BCUT2D eigenvalue weighted by molar-refractivity contribution is -0.0950. The molecule has 12 heterocycles. The normalized spacial score (nSPS) is 27.3. The number of aromatic nitrogens is 16. The van der Waals surface area contributed by atoms with Crippen LogP contribution in [0.1, 0.15) is 81.3 Å². The van der Waals surface area contributed by atoms with E-state index in [1.165, 1.54) is 85.1 Å². The van der Waals surface area contributed by atoms with Gasteiger partial charge in [-0.25, -0.2) is 19.9 Å². The highest BCUT2D eigenvalue weighted by atomic mass is 16.6. The number of nitrogens with zero attached hydrogens (tertiary/aromatic N) is 16. The minimum absolute atomic E-state index is 0.0294. The molecule has 15 atom stereocenters. The van der Waals surface area contributed by atoms with Crippen LogP contribution in [0.15, 0.2) is 110 Å². The molecule has 0 bridgehead atoms. The molecule has 0 saturated carbocycles. The highest BCUT2D eigenvalue weighted by Crippen LogP contribution is 2.44. The Morgan fingerprint density at radius 3 is 1.28 bits per heavy atom. The number of nitrogens with one attached hydrogen (secondary N) is 3. The Morgan fingerprint density at radius 1 is 0.454 bits per heavy atom. The van der Waals surface area contributed by atoms with Gasteiger partial charge in [-0.2, -0.15) is 39.9 Å². The zero-order chi connectivity index (χ0) is 77.1. The van der Waals surface area contributed by atoms with Crippen molar-refractivity contribution in [2.45, 2.75) is 151 Å². The summed E-state index contributed by atoms with van der Waals surface area (Å²) >= 11 is 0. The van der Waals surface area contributed by atoms with Crippen molar-refractivity contribution in [3.8, 4) is 11.8 Å². The molecule has 0 radical (unpaired) electrons. The van der Waals surface area contributed by atoms with Crippen molar-refractivity contribution < 1.29 is 84.6 Å². The minimum Gasteiger partial charge on any atom is -0.479 e. The van der Waals surface area contributed by atoms with Crippen LogP contribution in [0.5, 0.6) is 11.8 Å². The molecule has 3 unspecified atom stereocenters. The van der Waals surface area contributed by atoms with Crippen LogP contribution in [0.3, 0.4) is 0 Å². The fourth-order valence-corrected chi connectivity index (χ4v) is 13.2. The molecule has 0 amide bonds. The number of nitrogens with two attached hydrogens (primary N) is 3. The molecule has 20 N–H and O–H groups in total. The number of nitrogen functional groups attached to an aromatic ring is 3. The number of anilines is 6. The predicted molar refractivity (Wildman–Crippen MR) is 388 cm³/mol. The number of ether oxygens (including phenoxy) is 6. The van der Waals surface area contributed by atoms with Crippen molar-refractivity contribution in [3.63, 3.8) is 0 Å². The fraction of sp³-hybridized carbons (Fsp3) is 0.449. The molecule has 108 heavy (non-hydrogen) atoms. The van der Waals surface area contributed by atoms with Gasteiger partial charge in [0.15, 0.2) is 81.2 Å². The van der Waals surface area contributed by atoms with Crippen LogP contribution in [-0.4, -0.2) is 247 Å². The average molecular weight is 1500 g/mol. The summed E-state index contributed by atoms with van der Waals surface area (Å²) in [4.78, 5) is 51.1. The Bertz CT molecular complexity index is 4880. The first-order valence-electron chi connectivity index (χ1n) is 34.3. The second-order valence-electron chi connectivity index (χ2n) is 27.1. The number of hydrogen-bond acceptors (Lipinski definition) is 35. The number of hydrogen-bond donors (Lipinski definition) is 17. The van der Waals surface area contributed by atoms with Crippen LogP contribution in [-0.2, 0) is 38.5 Å². The third-order valence-electron chi connectivity index (χ3n) is 19.0. The summed E-state index contributed by atoms with van der Waals surface area (Å²) in [6.45, 7) is 8.17. The van der Waals surface area contributed by atoms with E-state index in [0.717, 1.165) is 17.5 Å². The standard InChI is InChI=1S/C20H25N5O5.C19H24N6O4.C18H22N6O4.C12H17N5O4/c1-11-4-6-12(7-5-11)8-21-19-23-16-14(17(24-19)29-3)22-10-25(16)18-20(2,28)15(27)13(9-26)30-18;1-19(28)14(27)12(9-26)29-17(19)25-10-22-13-15(23-18(20)24-16(13)25)21-8-7-11-5-3-2-4-6-11;1-18(27)13(26)11(8-25)28-16(18)24-9-21-12-14(22-17(19)23-15(12)24)20-7-10-5-3-2-4-6-10;1-12(19)3-6(4-18)21-10(12)17-5-14-7-8(17)15-11(13)16-9(7)20-2/h4-7,10,13,15,18,26-28H,8-9H2,1-3H3,(H,21,23,24);2-6,10,12,14,17,26-28H,7-9H2,1H3,(H3,20,21,23,24);2-6,9,11,13,16,25-27H,7-8H2,1H3,(H3,19,20,22,23);5-6,10,18-19H,3-4H2,1-2H3,(H2,13,15,16)/t13-,15-,18-,20-;12-,14-,17?,19-;11-,13-,16?,18-;6-,10?,12+/m1110/s1. The smallest absolute Gasteiger partial charge is 0.246 e. The van der Waals surface area contributed by atoms with Gasteiger partial charge < -0.3 is 118 Å². The average Bonchev–Trinajstić information content (AvgIpc) is 1.60. The lowest BCUT2D eigenvalue weighted by Gasteiger charge is -2.27. The SMILES string of the molecule is COc1nc(N)nc2c1ncn2C1O[C@H](CO)C[C@@]1(C)O.COc1nc(NCc2ccc(C)cc2)nc2c1ncn2[C@@H]1O[C@H](CO)[C@@H](O)[C@@]1(C)O.C[C@]1(O)C(n2cnc3c(NCCc4ccccc4)nc(N)nc32)O[C@H](CO)[C@H]1O.C[C@]1(O)C(n2cnc3c(NCc4ccccc4)nc(N)nc32)O[C@H](CO)[C@H]1O. The first kappa shape index (κ1) is 77.3. The summed E-state index contributed by atoms with van der Waals surface area (Å²) in [6, 6.07) is 27.9. The van der Waals surface area contributed by atoms with Crippen LogP contribution in [0.2, 0.25) is 0 Å². The third-order valence-corrected chi connectivity index (χ3v) is 19.0. The van der Waals surface area contributed by atoms with Gasteiger partial charge in [0.25, 0.3) is 0 Å². The zero-order valence-electron chi connectivity index (χ0n) is 59.9. The lowest BCUT2D eigenvalue weighted by atomic mass is 9.96. The molecule has 39 heteroatoms. The molecular formula is C69H88N22O17. The Kier molecular flexibility index (Phi) is 22.8. The van der Waals surface area contributed by atoms with E-state index in [0.29, 0.717) is 88.3 Å². The van der Waals surface area contributed by atoms with Crippen LogP contribution in [0.25, 0.3) is 44.7 Å². The van der Waals surface area contributed by atoms with Gasteiger partial charge >= 0.3 is 0 Å². The molecule has 3 aromatic carbocycles. The van der Waals surface area contributed by atoms with Gasteiger partial charge in [0.05, 0.1) is 72.1 Å². The Labute approximate surface area is 615 Å². The van der Waals surface area contributed by atoms with E-state index in [9.17, 15) is 56.2 Å². The molecule has 39 nitrogen and oxygen atoms in total. The number of aliphatic hydroxyl groups is 11. The Balaban J connectivity index is 0.000000135. The number of imidazole rings is 4.